The standard InChI is InChI=1S/C13H20N4OS2/c1-4-13(2)5-7-8(6-18-13)20-11-9(7)10(17-14)15-12(16-11)19-3/h12,16H,4-6,14H2,1-3H3,(H,15,17)/p+1/t12-,13+/m1/s1. The van der Waals surface area contributed by atoms with Gasteiger partial charge in [-0.1, -0.05) is 18.7 Å². The van der Waals surface area contributed by atoms with Crippen molar-refractivity contribution in [2.24, 2.45) is 5.84 Å². The summed E-state index contributed by atoms with van der Waals surface area (Å²) in [5, 5.41) is 4.70. The lowest BCUT2D eigenvalue weighted by molar-refractivity contribution is -0.468. The van der Waals surface area contributed by atoms with Gasteiger partial charge < -0.3 is 10.1 Å². The van der Waals surface area contributed by atoms with Gasteiger partial charge in [-0.05, 0) is 25.2 Å². The number of rotatable bonds is 2. The highest BCUT2D eigenvalue weighted by Crippen LogP contribution is 2.41. The number of fused-ring (bicyclic) bond motifs is 3. The molecule has 0 saturated carbocycles. The van der Waals surface area contributed by atoms with Crippen LogP contribution in [0.15, 0.2) is 0 Å². The van der Waals surface area contributed by atoms with Crippen molar-refractivity contribution < 1.29 is 9.73 Å². The van der Waals surface area contributed by atoms with Crippen LogP contribution >= 0.6 is 23.1 Å². The van der Waals surface area contributed by atoms with Crippen LogP contribution in [0.1, 0.15) is 36.3 Å². The van der Waals surface area contributed by atoms with Crippen molar-refractivity contribution in [3.8, 4) is 0 Å². The monoisotopic (exact) mass is 313 g/mol. The third kappa shape index (κ3) is 2.22. The van der Waals surface area contributed by atoms with E-state index < -0.39 is 0 Å². The molecule has 0 unspecified atom stereocenters. The number of nitrogens with two attached hydrogens (primary N) is 1. The van der Waals surface area contributed by atoms with E-state index in [1.165, 1.54) is 21.0 Å². The molecule has 3 rings (SSSR count). The number of thioether (sulfide) groups is 1. The molecular weight excluding hydrogens is 292 g/mol. The minimum absolute atomic E-state index is 0.0715. The summed E-state index contributed by atoms with van der Waals surface area (Å²) in [6.45, 7) is 5.06. The van der Waals surface area contributed by atoms with Crippen LogP contribution in [0.2, 0.25) is 0 Å². The van der Waals surface area contributed by atoms with Gasteiger partial charge in [0.2, 0.25) is 5.50 Å². The topological polar surface area (TPSA) is 73.3 Å². The summed E-state index contributed by atoms with van der Waals surface area (Å²) in [6.07, 6.45) is 4.01. The second-order valence-corrected chi connectivity index (χ2v) is 7.45. The fourth-order valence-corrected chi connectivity index (χ4v) is 4.38. The summed E-state index contributed by atoms with van der Waals surface area (Å²) in [7, 11) is 0. The van der Waals surface area contributed by atoms with Crippen LogP contribution < -0.4 is 21.6 Å². The molecule has 0 aliphatic carbocycles. The third-order valence-electron chi connectivity index (χ3n) is 4.11. The molecule has 0 radical (unpaired) electrons. The summed E-state index contributed by atoms with van der Waals surface area (Å²) in [6, 6.07) is 0. The molecule has 1 aromatic rings. The minimum atomic E-state index is -0.0715. The highest BCUT2D eigenvalue weighted by Gasteiger charge is 2.38. The molecule has 5 N–H and O–H groups in total. The van der Waals surface area contributed by atoms with Crippen LogP contribution in [-0.2, 0) is 17.8 Å². The summed E-state index contributed by atoms with van der Waals surface area (Å²) in [5.74, 6) is 6.63. The Morgan fingerprint density at radius 1 is 1.65 bits per heavy atom. The molecule has 2 atom stereocenters. The van der Waals surface area contributed by atoms with E-state index in [9.17, 15) is 0 Å². The molecule has 0 amide bonds. The SMILES string of the molecule is CC[C@@]1(C)Cc2c(sc3c2C(NN)=[NH+][C@@H](SC)N3)CO1. The van der Waals surface area contributed by atoms with Gasteiger partial charge in [0.25, 0.3) is 5.84 Å². The summed E-state index contributed by atoms with van der Waals surface area (Å²) in [4.78, 5) is 4.70. The Hall–Kier alpha value is -0.760. The number of hydrogen-bond acceptors (Lipinski definition) is 6. The Morgan fingerprint density at radius 3 is 3.10 bits per heavy atom. The molecule has 20 heavy (non-hydrogen) atoms. The van der Waals surface area contributed by atoms with Crippen molar-refractivity contribution in [2.75, 3.05) is 11.6 Å². The second-order valence-electron chi connectivity index (χ2n) is 5.40. The van der Waals surface area contributed by atoms with Gasteiger partial charge >= 0.3 is 0 Å². The van der Waals surface area contributed by atoms with Crippen LogP contribution in [0.4, 0.5) is 5.00 Å². The molecule has 0 bridgehead atoms. The van der Waals surface area contributed by atoms with Gasteiger partial charge in [-0.15, -0.1) is 11.3 Å². The number of amidine groups is 1. The average Bonchev–Trinajstić information content (AvgIpc) is 2.83. The van der Waals surface area contributed by atoms with E-state index in [0.29, 0.717) is 6.61 Å². The van der Waals surface area contributed by atoms with Gasteiger partial charge in [-0.3, -0.25) is 0 Å². The zero-order chi connectivity index (χ0) is 14.3. The van der Waals surface area contributed by atoms with E-state index in [0.717, 1.165) is 18.7 Å². The predicted molar refractivity (Wildman–Crippen MR) is 84.8 cm³/mol. The van der Waals surface area contributed by atoms with E-state index in [-0.39, 0.29) is 11.1 Å². The molecule has 7 heteroatoms. The molecule has 5 nitrogen and oxygen atoms in total. The summed E-state index contributed by atoms with van der Waals surface area (Å²) < 4.78 is 6.04. The molecule has 0 aromatic carbocycles. The Labute approximate surface area is 127 Å². The van der Waals surface area contributed by atoms with Gasteiger partial charge in [0.1, 0.15) is 10.6 Å². The number of ether oxygens (including phenoxy) is 1. The van der Waals surface area contributed by atoms with E-state index in [4.69, 9.17) is 10.6 Å². The Balaban J connectivity index is 2.05. The summed E-state index contributed by atoms with van der Waals surface area (Å²) >= 11 is 3.50. The quantitative estimate of drug-likeness (QED) is 0.468. The van der Waals surface area contributed by atoms with Crippen molar-refractivity contribution >= 4 is 33.9 Å². The molecule has 0 saturated heterocycles. The Morgan fingerprint density at radius 2 is 2.45 bits per heavy atom. The van der Waals surface area contributed by atoms with Gasteiger partial charge in [-0.25, -0.2) is 4.99 Å². The Kier molecular flexibility index (Phi) is 3.70. The maximum Gasteiger partial charge on any atom is 0.298 e. The van der Waals surface area contributed by atoms with Gasteiger partial charge in [0.05, 0.1) is 12.2 Å². The molecule has 2 aliphatic rings. The maximum atomic E-state index is 6.04. The van der Waals surface area contributed by atoms with Crippen LogP contribution in [-0.4, -0.2) is 23.2 Å². The van der Waals surface area contributed by atoms with Crippen LogP contribution in [0, 0.1) is 0 Å². The fourth-order valence-electron chi connectivity index (χ4n) is 2.66. The van der Waals surface area contributed by atoms with E-state index in [1.807, 2.05) is 0 Å². The van der Waals surface area contributed by atoms with E-state index >= 15 is 0 Å². The van der Waals surface area contributed by atoms with Gasteiger partial charge in [-0.2, -0.15) is 11.3 Å². The highest BCUT2D eigenvalue weighted by molar-refractivity contribution is 7.99. The first kappa shape index (κ1) is 14.2. The lowest BCUT2D eigenvalue weighted by Crippen LogP contribution is -2.85. The number of anilines is 1. The fraction of sp³-hybridized carbons (Fsp3) is 0.615. The molecule has 110 valence electrons. The first-order valence-electron chi connectivity index (χ1n) is 6.78. The molecule has 0 fully saturated rings. The van der Waals surface area contributed by atoms with Crippen LogP contribution in [0.25, 0.3) is 0 Å². The minimum Gasteiger partial charge on any atom is -0.369 e. The molecule has 2 aliphatic heterocycles. The molecule has 1 aromatic heterocycles. The zero-order valence-corrected chi connectivity index (χ0v) is 13.6. The first-order valence-corrected chi connectivity index (χ1v) is 8.89. The average molecular weight is 313 g/mol. The molecule has 0 spiro atoms. The predicted octanol–water partition coefficient (Wildman–Crippen LogP) is 0.352. The Bertz CT molecular complexity index is 557. The maximum absolute atomic E-state index is 6.04. The van der Waals surface area contributed by atoms with Gasteiger partial charge in [0, 0.05) is 11.3 Å². The van der Waals surface area contributed by atoms with Crippen molar-refractivity contribution in [3.05, 3.63) is 16.0 Å². The van der Waals surface area contributed by atoms with Crippen LogP contribution in [0.3, 0.4) is 0 Å². The molecular formula is C13H21N4OS2+. The zero-order valence-electron chi connectivity index (χ0n) is 12.0. The largest absolute Gasteiger partial charge is 0.369 e. The summed E-state index contributed by atoms with van der Waals surface area (Å²) in [5.41, 5.74) is 5.46. The van der Waals surface area contributed by atoms with E-state index in [1.54, 1.807) is 23.1 Å². The van der Waals surface area contributed by atoms with Crippen LogP contribution in [0.5, 0.6) is 0 Å². The third-order valence-corrected chi connectivity index (χ3v) is 5.95. The van der Waals surface area contributed by atoms with E-state index in [2.05, 4.69) is 35.8 Å². The highest BCUT2D eigenvalue weighted by atomic mass is 32.2. The number of nitrogens with one attached hydrogen (secondary N) is 3. The lowest BCUT2D eigenvalue weighted by atomic mass is 9.89. The van der Waals surface area contributed by atoms with Gasteiger partial charge in [0.15, 0.2) is 0 Å². The lowest BCUT2D eigenvalue weighted by Gasteiger charge is -2.33. The number of thiophene rings is 1. The van der Waals surface area contributed by atoms with Crippen molar-refractivity contribution in [1.29, 1.82) is 0 Å². The van der Waals surface area contributed by atoms with Crippen molar-refractivity contribution in [2.45, 2.75) is 44.4 Å². The first-order chi connectivity index (χ1) is 9.60. The number of hydrogen-bond donors (Lipinski definition) is 4. The van der Waals surface area contributed by atoms with Crippen molar-refractivity contribution in [1.82, 2.24) is 5.43 Å². The smallest absolute Gasteiger partial charge is 0.298 e. The second kappa shape index (κ2) is 5.22. The molecule has 3 heterocycles. The normalized spacial score (nSPS) is 28.2. The number of hydrazine groups is 1. The van der Waals surface area contributed by atoms with Crippen molar-refractivity contribution in [3.63, 3.8) is 0 Å².